The van der Waals surface area contributed by atoms with Gasteiger partial charge in [-0.3, -0.25) is 0 Å². The van der Waals surface area contributed by atoms with Gasteiger partial charge in [0.05, 0.1) is 0 Å². The van der Waals surface area contributed by atoms with Crippen LogP contribution in [0, 0.1) is 0 Å². The number of rotatable bonds is 9. The first kappa shape index (κ1) is 28.4. The van der Waals surface area contributed by atoms with E-state index in [-0.39, 0.29) is 0 Å². The highest BCUT2D eigenvalue weighted by molar-refractivity contribution is 7.49. The van der Waals surface area contributed by atoms with Crippen molar-refractivity contribution in [1.29, 1.82) is 0 Å². The van der Waals surface area contributed by atoms with Crippen LogP contribution in [-0.4, -0.2) is 0 Å². The van der Waals surface area contributed by atoms with Crippen molar-refractivity contribution in [3.63, 3.8) is 0 Å². The summed E-state index contributed by atoms with van der Waals surface area (Å²) in [6.07, 6.45) is 19.1. The molecule has 5 heteroatoms. The van der Waals surface area contributed by atoms with Crippen LogP contribution in [-0.2, 0) is 4.57 Å². The zero-order chi connectivity index (χ0) is 27.9. The van der Waals surface area contributed by atoms with Gasteiger partial charge in [-0.1, -0.05) is 94.2 Å². The maximum atomic E-state index is 14.2. The fraction of sp³-hybridized carbons (Fsp3) is 0.500. The molecule has 0 aliphatic heterocycles. The smallest absolute Gasteiger partial charge is 0.386 e. The molecule has 0 unspecified atom stereocenters. The van der Waals surface area contributed by atoms with E-state index in [0.717, 1.165) is 0 Å². The fourth-order valence-electron chi connectivity index (χ4n) is 7.15. The van der Waals surface area contributed by atoms with Crippen molar-refractivity contribution in [3.05, 3.63) is 89.5 Å². The van der Waals surface area contributed by atoms with Crippen molar-refractivity contribution in [2.24, 2.45) is 0 Å². The van der Waals surface area contributed by atoms with Gasteiger partial charge in [0.25, 0.3) is 0 Å². The maximum Gasteiger partial charge on any atom is 0.647 e. The summed E-state index contributed by atoms with van der Waals surface area (Å²) in [5, 5.41) is 0. The van der Waals surface area contributed by atoms with Crippen molar-refractivity contribution in [1.82, 2.24) is 0 Å². The zero-order valence-corrected chi connectivity index (χ0v) is 25.2. The Hall–Kier alpha value is -2.71. The monoisotopic (exact) mass is 572 g/mol. The first-order valence-electron chi connectivity index (χ1n) is 16.1. The summed E-state index contributed by atoms with van der Waals surface area (Å²) in [5.74, 6) is 3.27. The highest BCUT2D eigenvalue weighted by Gasteiger charge is 2.33. The molecule has 0 amide bonds. The van der Waals surface area contributed by atoms with Gasteiger partial charge in [0.1, 0.15) is 17.2 Å². The molecular formula is C36H45O4P. The molecule has 0 radical (unpaired) electrons. The van der Waals surface area contributed by atoms with Gasteiger partial charge in [0, 0.05) is 0 Å². The lowest BCUT2D eigenvalue weighted by Crippen LogP contribution is -2.09. The minimum Gasteiger partial charge on any atom is -0.386 e. The molecule has 3 saturated carbocycles. The number of benzene rings is 3. The average Bonchev–Trinajstić information content (AvgIpc) is 3.03. The summed E-state index contributed by atoms with van der Waals surface area (Å²) in [6, 6.07) is 24.1. The average molecular weight is 573 g/mol. The van der Waals surface area contributed by atoms with E-state index in [2.05, 4.69) is 36.4 Å². The second-order valence-corrected chi connectivity index (χ2v) is 13.9. The zero-order valence-electron chi connectivity index (χ0n) is 24.3. The Kier molecular flexibility index (Phi) is 9.36. The molecule has 0 atom stereocenters. The third-order valence-electron chi connectivity index (χ3n) is 9.52. The van der Waals surface area contributed by atoms with E-state index in [4.69, 9.17) is 13.6 Å². The van der Waals surface area contributed by atoms with E-state index in [1.165, 1.54) is 113 Å². The lowest BCUT2D eigenvalue weighted by atomic mass is 9.84. The minimum atomic E-state index is -4.03. The molecule has 41 heavy (non-hydrogen) atoms. The number of phosphoric ester groups is 1. The Bertz CT molecular complexity index is 1110. The third kappa shape index (κ3) is 7.58. The van der Waals surface area contributed by atoms with Gasteiger partial charge in [-0.2, -0.15) is 4.57 Å². The summed E-state index contributed by atoms with van der Waals surface area (Å²) >= 11 is 0. The molecule has 3 fully saturated rings. The van der Waals surface area contributed by atoms with Crippen LogP contribution in [0.15, 0.2) is 72.8 Å². The van der Waals surface area contributed by atoms with Gasteiger partial charge < -0.3 is 13.6 Å². The highest BCUT2D eigenvalue weighted by atomic mass is 31.2. The molecular weight excluding hydrogens is 527 g/mol. The van der Waals surface area contributed by atoms with E-state index < -0.39 is 7.82 Å². The fourth-order valence-corrected chi connectivity index (χ4v) is 8.41. The van der Waals surface area contributed by atoms with Crippen LogP contribution in [0.3, 0.4) is 0 Å². The summed E-state index contributed by atoms with van der Waals surface area (Å²) in [6.45, 7) is 0. The van der Waals surface area contributed by atoms with Gasteiger partial charge >= 0.3 is 7.82 Å². The maximum absolute atomic E-state index is 14.2. The van der Waals surface area contributed by atoms with E-state index in [1.807, 2.05) is 36.4 Å². The van der Waals surface area contributed by atoms with Crippen molar-refractivity contribution >= 4 is 7.82 Å². The van der Waals surface area contributed by atoms with Gasteiger partial charge in [-0.05, 0) is 109 Å². The van der Waals surface area contributed by atoms with Crippen LogP contribution in [0.2, 0.25) is 0 Å². The predicted octanol–water partition coefficient (Wildman–Crippen LogP) is 11.5. The molecule has 0 spiro atoms. The van der Waals surface area contributed by atoms with E-state index >= 15 is 0 Å². The third-order valence-corrected chi connectivity index (χ3v) is 10.8. The predicted molar refractivity (Wildman–Crippen MR) is 166 cm³/mol. The standard InChI is InChI=1S/C36H45O4P/c37-41(38-34-22-16-31(17-23-34)28-10-4-1-5-11-28,39-35-24-18-32(19-25-35)29-12-6-2-7-13-29)40-36-26-20-33(21-27-36)30-14-8-3-9-15-30/h16-30H,1-15H2. The molecule has 3 aliphatic carbocycles. The minimum absolute atomic E-state index is 0.491. The lowest BCUT2D eigenvalue weighted by Gasteiger charge is -2.24. The molecule has 0 aromatic heterocycles. The highest BCUT2D eigenvalue weighted by Crippen LogP contribution is 2.50. The molecule has 0 bridgehead atoms. The Morgan fingerprint density at radius 1 is 0.390 bits per heavy atom. The second kappa shape index (κ2) is 13.5. The summed E-state index contributed by atoms with van der Waals surface area (Å²) < 4.78 is 32.4. The van der Waals surface area contributed by atoms with Crippen LogP contribution in [0.5, 0.6) is 17.2 Å². The summed E-state index contributed by atoms with van der Waals surface area (Å²) in [4.78, 5) is 0. The van der Waals surface area contributed by atoms with Crippen molar-refractivity contribution in [3.8, 4) is 17.2 Å². The van der Waals surface area contributed by atoms with Crippen LogP contribution in [0.4, 0.5) is 0 Å². The Morgan fingerprint density at radius 3 is 0.878 bits per heavy atom. The van der Waals surface area contributed by atoms with Crippen LogP contribution >= 0.6 is 7.82 Å². The Morgan fingerprint density at radius 2 is 0.634 bits per heavy atom. The topological polar surface area (TPSA) is 44.8 Å². The lowest BCUT2D eigenvalue weighted by molar-refractivity contribution is 0.298. The van der Waals surface area contributed by atoms with Gasteiger partial charge in [-0.15, -0.1) is 0 Å². The number of phosphoric acid groups is 1. The molecule has 0 saturated heterocycles. The van der Waals surface area contributed by atoms with Gasteiger partial charge in [0.15, 0.2) is 0 Å². The van der Waals surface area contributed by atoms with Crippen LogP contribution in [0.1, 0.15) is 131 Å². The molecule has 3 aromatic carbocycles. The number of hydrogen-bond donors (Lipinski definition) is 0. The second-order valence-electron chi connectivity index (χ2n) is 12.4. The Labute approximate surface area is 246 Å². The summed E-state index contributed by atoms with van der Waals surface area (Å²) in [7, 11) is -4.03. The molecule has 0 N–H and O–H groups in total. The van der Waals surface area contributed by atoms with E-state index in [9.17, 15) is 4.57 Å². The quantitative estimate of drug-likeness (QED) is 0.239. The first-order chi connectivity index (χ1) is 20.1. The molecule has 0 heterocycles. The molecule has 218 valence electrons. The normalized spacial score (nSPS) is 19.5. The molecule has 6 rings (SSSR count). The largest absolute Gasteiger partial charge is 0.647 e. The molecule has 3 aromatic rings. The van der Waals surface area contributed by atoms with Gasteiger partial charge in [-0.25, -0.2) is 0 Å². The van der Waals surface area contributed by atoms with Crippen molar-refractivity contribution in [2.45, 2.75) is 114 Å². The first-order valence-corrected chi connectivity index (χ1v) is 17.6. The molecule has 3 aliphatic rings. The van der Waals surface area contributed by atoms with E-state index in [1.54, 1.807) is 0 Å². The SMILES string of the molecule is O=P(Oc1ccc(C2CCCCC2)cc1)(Oc1ccc(C2CCCCC2)cc1)Oc1ccc(C2CCCCC2)cc1. The van der Waals surface area contributed by atoms with Crippen LogP contribution in [0.25, 0.3) is 0 Å². The summed E-state index contributed by atoms with van der Waals surface area (Å²) in [5.41, 5.74) is 3.97. The van der Waals surface area contributed by atoms with Crippen molar-refractivity contribution < 1.29 is 18.1 Å². The molecule has 4 nitrogen and oxygen atoms in total. The number of hydrogen-bond acceptors (Lipinski definition) is 4. The van der Waals surface area contributed by atoms with Crippen LogP contribution < -0.4 is 13.6 Å². The van der Waals surface area contributed by atoms with Crippen molar-refractivity contribution in [2.75, 3.05) is 0 Å². The van der Waals surface area contributed by atoms with E-state index in [0.29, 0.717) is 35.0 Å². The Balaban J connectivity index is 1.19. The van der Waals surface area contributed by atoms with Gasteiger partial charge in [0.2, 0.25) is 0 Å².